The van der Waals surface area contributed by atoms with Gasteiger partial charge in [-0.25, -0.2) is 0 Å². The van der Waals surface area contributed by atoms with Gasteiger partial charge in [0, 0.05) is 17.2 Å². The number of nitrogens with two attached hydrogens (primary N) is 1. The molecule has 0 bridgehead atoms. The first kappa shape index (κ1) is 12.8. The molecular formula is C17H21N. The second kappa shape index (κ2) is 4.53. The lowest BCUT2D eigenvalue weighted by molar-refractivity contribution is 0.376. The summed E-state index contributed by atoms with van der Waals surface area (Å²) < 4.78 is 0. The van der Waals surface area contributed by atoms with Crippen LogP contribution in [0.3, 0.4) is 0 Å². The Bertz CT molecular complexity index is 518. The highest BCUT2D eigenvalue weighted by molar-refractivity contribution is 5.50. The molecule has 2 N–H and O–H groups in total. The van der Waals surface area contributed by atoms with Crippen LogP contribution in [0.25, 0.3) is 0 Å². The Hall–Kier alpha value is -1.68. The van der Waals surface area contributed by atoms with Crippen molar-refractivity contribution < 1.29 is 0 Å². The minimum atomic E-state index is 0.134. The summed E-state index contributed by atoms with van der Waals surface area (Å²) in [5, 5.41) is 0. The standard InChI is InChI=1S/C17H21N/c1-5-7-14-12(6-2)11-17(3,4)16-9-8-13(18)10-15(14)16/h2,5,7-9,15H,10-11,18H2,1,3-4H3/b7-5-. The van der Waals surface area contributed by atoms with Gasteiger partial charge in [-0.15, -0.1) is 6.42 Å². The lowest BCUT2D eigenvalue weighted by Gasteiger charge is -2.41. The molecule has 1 nitrogen and oxygen atoms in total. The summed E-state index contributed by atoms with van der Waals surface area (Å²) in [4.78, 5) is 0. The van der Waals surface area contributed by atoms with Crippen molar-refractivity contribution >= 4 is 0 Å². The Morgan fingerprint density at radius 2 is 2.17 bits per heavy atom. The van der Waals surface area contributed by atoms with Crippen molar-refractivity contribution in [2.24, 2.45) is 17.1 Å². The van der Waals surface area contributed by atoms with E-state index in [1.165, 1.54) is 11.1 Å². The molecule has 0 radical (unpaired) electrons. The van der Waals surface area contributed by atoms with E-state index in [0.29, 0.717) is 5.92 Å². The van der Waals surface area contributed by atoms with Crippen LogP contribution < -0.4 is 5.73 Å². The van der Waals surface area contributed by atoms with Gasteiger partial charge in [-0.3, -0.25) is 0 Å². The molecule has 2 aliphatic carbocycles. The van der Waals surface area contributed by atoms with Crippen molar-refractivity contribution in [1.82, 2.24) is 0 Å². The fourth-order valence-electron chi connectivity index (χ4n) is 3.09. The maximum Gasteiger partial charge on any atom is 0.0120 e. The maximum atomic E-state index is 5.99. The molecule has 2 rings (SSSR count). The fraction of sp³-hybridized carbons (Fsp3) is 0.412. The smallest absolute Gasteiger partial charge is 0.0120 e. The van der Waals surface area contributed by atoms with Crippen LogP contribution in [0.15, 0.2) is 46.7 Å². The van der Waals surface area contributed by atoms with Gasteiger partial charge >= 0.3 is 0 Å². The normalized spacial score (nSPS) is 26.4. The highest BCUT2D eigenvalue weighted by Gasteiger charge is 2.38. The summed E-state index contributed by atoms with van der Waals surface area (Å²) >= 11 is 0. The van der Waals surface area contributed by atoms with Gasteiger partial charge in [0.2, 0.25) is 0 Å². The molecule has 0 spiro atoms. The average molecular weight is 239 g/mol. The zero-order valence-corrected chi connectivity index (χ0v) is 11.5. The average Bonchev–Trinajstić information content (AvgIpc) is 2.32. The van der Waals surface area contributed by atoms with Gasteiger partial charge in [0.05, 0.1) is 0 Å². The van der Waals surface area contributed by atoms with Crippen LogP contribution in [0.5, 0.6) is 0 Å². The van der Waals surface area contributed by atoms with E-state index < -0.39 is 0 Å². The van der Waals surface area contributed by atoms with Crippen LogP contribution in [0.2, 0.25) is 0 Å². The lowest BCUT2D eigenvalue weighted by Crippen LogP contribution is -2.30. The molecule has 1 heteroatoms. The van der Waals surface area contributed by atoms with Crippen LogP contribution in [0.1, 0.15) is 33.6 Å². The van der Waals surface area contributed by atoms with Crippen LogP contribution in [0, 0.1) is 23.7 Å². The molecule has 0 aromatic rings. The molecule has 0 aromatic heterocycles. The molecule has 1 atom stereocenters. The van der Waals surface area contributed by atoms with Gasteiger partial charge in [-0.2, -0.15) is 0 Å². The molecule has 94 valence electrons. The molecule has 18 heavy (non-hydrogen) atoms. The van der Waals surface area contributed by atoms with Crippen LogP contribution in [-0.2, 0) is 0 Å². The Balaban J connectivity index is 2.58. The second-order valence-corrected chi connectivity index (χ2v) is 5.76. The maximum absolute atomic E-state index is 5.99. The van der Waals surface area contributed by atoms with Crippen molar-refractivity contribution in [1.29, 1.82) is 0 Å². The van der Waals surface area contributed by atoms with Gasteiger partial charge < -0.3 is 5.73 Å². The minimum absolute atomic E-state index is 0.134. The number of hydrogen-bond acceptors (Lipinski definition) is 1. The summed E-state index contributed by atoms with van der Waals surface area (Å²) in [7, 11) is 0. The molecular weight excluding hydrogens is 218 g/mol. The van der Waals surface area contributed by atoms with Gasteiger partial charge in [0.1, 0.15) is 0 Å². The second-order valence-electron chi connectivity index (χ2n) is 5.76. The fourth-order valence-corrected chi connectivity index (χ4v) is 3.09. The van der Waals surface area contributed by atoms with Crippen molar-refractivity contribution in [3.63, 3.8) is 0 Å². The molecule has 0 aliphatic heterocycles. The van der Waals surface area contributed by atoms with Gasteiger partial charge in [0.15, 0.2) is 0 Å². The topological polar surface area (TPSA) is 26.0 Å². The first-order valence-electron chi connectivity index (χ1n) is 6.48. The third-order valence-corrected chi connectivity index (χ3v) is 3.94. The summed E-state index contributed by atoms with van der Waals surface area (Å²) in [6.07, 6.45) is 16.0. The predicted octanol–water partition coefficient (Wildman–Crippen LogP) is 3.71. The summed E-state index contributed by atoms with van der Waals surface area (Å²) in [6.45, 7) is 6.57. The predicted molar refractivity (Wildman–Crippen MR) is 77.5 cm³/mol. The monoisotopic (exact) mass is 239 g/mol. The number of hydrogen-bond donors (Lipinski definition) is 1. The Kier molecular flexibility index (Phi) is 3.22. The molecule has 0 aromatic carbocycles. The zero-order chi connectivity index (χ0) is 13.3. The molecule has 0 fully saturated rings. The SMILES string of the molecule is C#CC1=C(/C=C\C)C2CC(N)=CC=C2C(C)(C)C1. The van der Waals surface area contributed by atoms with Crippen molar-refractivity contribution in [3.05, 3.63) is 46.7 Å². The highest BCUT2D eigenvalue weighted by atomic mass is 14.6. The molecule has 0 heterocycles. The van der Waals surface area contributed by atoms with Crippen molar-refractivity contribution in [3.8, 4) is 12.3 Å². The van der Waals surface area contributed by atoms with Crippen LogP contribution in [-0.4, -0.2) is 0 Å². The van der Waals surface area contributed by atoms with Gasteiger partial charge in [-0.05, 0) is 36.8 Å². The minimum Gasteiger partial charge on any atom is -0.402 e. The first-order valence-corrected chi connectivity index (χ1v) is 6.48. The Labute approximate surface area is 110 Å². The van der Waals surface area contributed by atoms with E-state index in [4.69, 9.17) is 12.2 Å². The van der Waals surface area contributed by atoms with Crippen LogP contribution >= 0.6 is 0 Å². The lowest BCUT2D eigenvalue weighted by atomic mass is 9.63. The summed E-state index contributed by atoms with van der Waals surface area (Å²) in [5.41, 5.74) is 10.9. The van der Waals surface area contributed by atoms with E-state index in [2.05, 4.69) is 38.0 Å². The quantitative estimate of drug-likeness (QED) is 0.694. The first-order chi connectivity index (χ1) is 8.49. The number of rotatable bonds is 1. The highest BCUT2D eigenvalue weighted by Crippen LogP contribution is 2.49. The van der Waals surface area contributed by atoms with E-state index in [9.17, 15) is 0 Å². The zero-order valence-electron chi connectivity index (χ0n) is 11.5. The number of terminal acetylenes is 1. The van der Waals surface area contributed by atoms with E-state index in [0.717, 1.165) is 24.1 Å². The molecule has 1 unspecified atom stereocenters. The molecule has 0 saturated heterocycles. The van der Waals surface area contributed by atoms with E-state index in [1.807, 2.05) is 13.0 Å². The molecule has 2 aliphatic rings. The summed E-state index contributed by atoms with van der Waals surface area (Å²) in [6, 6.07) is 0. The third kappa shape index (κ3) is 2.04. The molecule has 0 saturated carbocycles. The molecule has 0 amide bonds. The van der Waals surface area contributed by atoms with Crippen molar-refractivity contribution in [2.75, 3.05) is 0 Å². The van der Waals surface area contributed by atoms with E-state index >= 15 is 0 Å². The van der Waals surface area contributed by atoms with Gasteiger partial charge in [-0.1, -0.05) is 43.6 Å². The Morgan fingerprint density at radius 3 is 2.78 bits per heavy atom. The largest absolute Gasteiger partial charge is 0.402 e. The van der Waals surface area contributed by atoms with E-state index in [-0.39, 0.29) is 5.41 Å². The van der Waals surface area contributed by atoms with Gasteiger partial charge in [0.25, 0.3) is 0 Å². The third-order valence-electron chi connectivity index (χ3n) is 3.94. The number of allylic oxidation sites excluding steroid dienone is 8. The summed E-state index contributed by atoms with van der Waals surface area (Å²) in [5.74, 6) is 3.25. The Morgan fingerprint density at radius 1 is 1.44 bits per heavy atom. The van der Waals surface area contributed by atoms with Crippen LogP contribution in [0.4, 0.5) is 0 Å². The number of fused-ring (bicyclic) bond motifs is 1. The van der Waals surface area contributed by atoms with Crippen molar-refractivity contribution in [2.45, 2.75) is 33.6 Å². The van der Waals surface area contributed by atoms with E-state index in [1.54, 1.807) is 0 Å².